The summed E-state index contributed by atoms with van der Waals surface area (Å²) in [6.45, 7) is 8.52. The van der Waals surface area contributed by atoms with Gasteiger partial charge in [-0.1, -0.05) is 6.92 Å². The quantitative estimate of drug-likeness (QED) is 0.751. The number of hydrogen-bond donors (Lipinski definition) is 1. The normalized spacial score (nSPS) is 19.1. The van der Waals surface area contributed by atoms with Gasteiger partial charge in [0.15, 0.2) is 0 Å². The van der Waals surface area contributed by atoms with Crippen LogP contribution in [0.1, 0.15) is 22.1 Å². The Morgan fingerprint density at radius 1 is 1.64 bits per heavy atom. The van der Waals surface area contributed by atoms with Crippen molar-refractivity contribution in [2.24, 2.45) is 5.41 Å². The maximum Gasteiger partial charge on any atom is 2.00 e. The number of rotatable bonds is 2. The Labute approximate surface area is 104 Å². The fourth-order valence-corrected chi connectivity index (χ4v) is 0.943. The van der Waals surface area contributed by atoms with Crippen LogP contribution in [0.3, 0.4) is 0 Å². The first-order chi connectivity index (χ1) is 6.60. The Hall–Kier alpha value is 0.568. The Morgan fingerprint density at radius 3 is 2.07 bits per heavy atom. The maximum absolute atomic E-state index is 7.44. The molecule has 1 aliphatic heterocycles. The van der Waals surface area contributed by atoms with E-state index >= 15 is 0 Å². The largest absolute Gasteiger partial charge is 2.00 e. The van der Waals surface area contributed by atoms with E-state index in [2.05, 4.69) is 21.3 Å². The first-order valence-corrected chi connectivity index (χ1v) is 4.13. The van der Waals surface area contributed by atoms with Crippen molar-refractivity contribution in [3.63, 3.8) is 0 Å². The van der Waals surface area contributed by atoms with Crippen LogP contribution < -0.4 is 0 Å². The van der Waals surface area contributed by atoms with E-state index in [0.717, 1.165) is 19.8 Å². The van der Waals surface area contributed by atoms with Crippen molar-refractivity contribution in [3.05, 3.63) is 14.0 Å². The Morgan fingerprint density at radius 2 is 2.00 bits per heavy atom. The second-order valence-corrected chi connectivity index (χ2v) is 3.28. The molecule has 1 unspecified atom stereocenters. The predicted octanol–water partition coefficient (Wildman–Crippen LogP) is 2.05. The van der Waals surface area contributed by atoms with Gasteiger partial charge < -0.3 is 22.0 Å². The molecule has 14 heavy (non-hydrogen) atoms. The van der Waals surface area contributed by atoms with Gasteiger partial charge >= 0.3 is 21.1 Å². The van der Waals surface area contributed by atoms with Crippen molar-refractivity contribution in [1.29, 1.82) is 0 Å². The molecule has 1 aliphatic rings. The minimum Gasteiger partial charge on any atom is -0.566 e. The fraction of sp³-hybridized carbons (Fsp3) is 0.800. The maximum atomic E-state index is 7.44. The molecule has 0 aromatic rings. The van der Waals surface area contributed by atoms with Crippen LogP contribution in [0.25, 0.3) is 0 Å². The van der Waals surface area contributed by atoms with Gasteiger partial charge in [-0.05, 0) is 6.92 Å². The molecule has 0 saturated carbocycles. The molecule has 4 heteroatoms. The summed E-state index contributed by atoms with van der Waals surface area (Å²) in [5, 5.41) is 7.44. The first-order valence-electron chi connectivity index (χ1n) is 4.84. The van der Waals surface area contributed by atoms with E-state index in [1.165, 1.54) is 0 Å². The molecule has 1 heterocycles. The smallest absolute Gasteiger partial charge is 0.566 e. The molecular formula is C10H22O3W. The molecule has 0 bridgehead atoms. The zero-order valence-electron chi connectivity index (χ0n) is 10.4. The third kappa shape index (κ3) is 6.13. The Kier molecular flexibility index (Phi) is 12.2. The second-order valence-electron chi connectivity index (χ2n) is 3.28. The van der Waals surface area contributed by atoms with E-state index in [-0.39, 0.29) is 26.5 Å². The summed E-state index contributed by atoms with van der Waals surface area (Å²) in [5.41, 5.74) is 0.286. The van der Waals surface area contributed by atoms with Crippen LogP contribution in [-0.2, 0) is 30.5 Å². The molecule has 1 saturated heterocycles. The van der Waals surface area contributed by atoms with Gasteiger partial charge in [0.25, 0.3) is 0 Å². The van der Waals surface area contributed by atoms with Crippen molar-refractivity contribution in [2.45, 2.75) is 26.9 Å². The van der Waals surface area contributed by atoms with Crippen LogP contribution in [0.15, 0.2) is 0 Å². The van der Waals surface area contributed by atoms with Gasteiger partial charge in [0.1, 0.15) is 0 Å². The molecule has 3 nitrogen and oxygen atoms in total. The molecule has 1 N–H and O–H groups in total. The molecule has 0 aromatic carbocycles. The van der Waals surface area contributed by atoms with E-state index in [9.17, 15) is 0 Å². The molecular weight excluding hydrogens is 352 g/mol. The molecule has 0 aromatic heterocycles. The van der Waals surface area contributed by atoms with Gasteiger partial charge in [-0.3, -0.25) is 0 Å². The minimum atomic E-state index is 0. The van der Waals surface area contributed by atoms with Gasteiger partial charge in [0.05, 0.1) is 19.3 Å². The van der Waals surface area contributed by atoms with E-state index in [0.29, 0.717) is 6.10 Å². The monoisotopic (exact) mass is 375 g/mol. The van der Waals surface area contributed by atoms with Gasteiger partial charge in [-0.2, -0.15) is 6.92 Å². The Balaban J connectivity index is -0.000000209. The molecule has 1 rings (SSSR count). The summed E-state index contributed by atoms with van der Waals surface area (Å²) in [6, 6.07) is 0. The van der Waals surface area contributed by atoms with Crippen molar-refractivity contribution in [3.8, 4) is 0 Å². The van der Waals surface area contributed by atoms with Gasteiger partial charge in [-0.15, -0.1) is 0 Å². The topological polar surface area (TPSA) is 38.7 Å². The number of aliphatic hydroxyl groups excluding tert-OH is 1. The molecule has 1 atom stereocenters. The molecule has 0 amide bonds. The summed E-state index contributed by atoms with van der Waals surface area (Å²) in [7, 11) is 4.24. The minimum absolute atomic E-state index is 0. The third-order valence-electron chi connectivity index (χ3n) is 2.20. The molecule has 1 fully saturated rings. The molecule has 0 radical (unpaired) electrons. The fourth-order valence-electron chi connectivity index (χ4n) is 0.943. The van der Waals surface area contributed by atoms with Crippen LogP contribution in [0.4, 0.5) is 0 Å². The van der Waals surface area contributed by atoms with Crippen molar-refractivity contribution < 1.29 is 37.0 Å². The second kappa shape index (κ2) is 10.1. The van der Waals surface area contributed by atoms with E-state index in [4.69, 9.17) is 16.0 Å². The zero-order chi connectivity index (χ0) is 11.6. The first kappa shape index (κ1) is 17.0. The van der Waals surface area contributed by atoms with E-state index < -0.39 is 0 Å². The molecule has 86 valence electrons. The van der Waals surface area contributed by atoms with Gasteiger partial charge in [-0.25, -0.2) is 7.98 Å². The SMILES string of the molecule is COC(C)C1(C)COC1.C[CH-]O.[2H][CH2-].[W+2]. The summed E-state index contributed by atoms with van der Waals surface area (Å²) in [4.78, 5) is 0. The summed E-state index contributed by atoms with van der Waals surface area (Å²) in [6.07, 6.45) is 0.325. The third-order valence-corrected chi connectivity index (χ3v) is 2.20. The zero-order valence-corrected chi connectivity index (χ0v) is 12.4. The van der Waals surface area contributed by atoms with Crippen LogP contribution >= 0.6 is 0 Å². The van der Waals surface area contributed by atoms with Crippen LogP contribution in [0.5, 0.6) is 0 Å². The van der Waals surface area contributed by atoms with E-state index in [1.807, 2.05) is 0 Å². The standard InChI is InChI=1S/C7H14O2.C2H5O.CH3.W/c1-6(8-3)7(2)4-9-5-7;1-2-3;;/h6H,4-5H2,1-3H3;2-3H,1H3;1H3;/q;2*-1;+2/i;;1D;. The van der Waals surface area contributed by atoms with Crippen LogP contribution in [0, 0.1) is 19.4 Å². The van der Waals surface area contributed by atoms with Gasteiger partial charge in [0, 0.05) is 12.5 Å². The predicted molar refractivity (Wildman–Crippen MR) is 53.7 cm³/mol. The van der Waals surface area contributed by atoms with E-state index in [1.54, 1.807) is 14.0 Å². The average Bonchev–Trinajstić information content (AvgIpc) is 2.17. The molecule has 0 aliphatic carbocycles. The van der Waals surface area contributed by atoms with Crippen molar-refractivity contribution >= 4 is 0 Å². The van der Waals surface area contributed by atoms with Gasteiger partial charge in [0.2, 0.25) is 0 Å². The number of hydrogen-bond acceptors (Lipinski definition) is 3. The summed E-state index contributed by atoms with van der Waals surface area (Å²) in [5.74, 6) is 0. The average molecular weight is 375 g/mol. The number of ether oxygens (including phenoxy) is 2. The van der Waals surface area contributed by atoms with Crippen LogP contribution in [0.2, 0.25) is 0 Å². The molecule has 0 spiro atoms. The van der Waals surface area contributed by atoms with Crippen molar-refractivity contribution in [2.75, 3.05) is 20.3 Å². The van der Waals surface area contributed by atoms with Crippen LogP contribution in [-0.4, -0.2) is 31.5 Å². The Bertz CT molecular complexity index is 121. The van der Waals surface area contributed by atoms with Crippen molar-refractivity contribution in [1.82, 2.24) is 0 Å². The number of methoxy groups -OCH3 is 1. The number of aliphatic hydroxyl groups is 1. The summed E-state index contributed by atoms with van der Waals surface area (Å²) < 4.78 is 15.8. The summed E-state index contributed by atoms with van der Waals surface area (Å²) >= 11 is 0.